The number of aromatic nitrogens is 2. The number of rotatable bonds is 7. The highest BCUT2D eigenvalue weighted by atomic mass is 79.9. The van der Waals surface area contributed by atoms with E-state index in [2.05, 4.69) is 40.2 Å². The zero-order valence-electron chi connectivity index (χ0n) is 16.0. The summed E-state index contributed by atoms with van der Waals surface area (Å²) in [4.78, 5) is 12.4. The zero-order valence-corrected chi connectivity index (χ0v) is 17.6. The van der Waals surface area contributed by atoms with Crippen molar-refractivity contribution in [1.82, 2.24) is 15.1 Å². The number of aliphatic hydroxyl groups excluding tert-OH is 1. The highest BCUT2D eigenvalue weighted by Gasteiger charge is 2.11. The molecule has 0 aliphatic rings. The maximum atomic E-state index is 12.4. The van der Waals surface area contributed by atoms with Crippen molar-refractivity contribution in [3.8, 4) is 0 Å². The van der Waals surface area contributed by atoms with Crippen molar-refractivity contribution in [1.29, 1.82) is 0 Å². The summed E-state index contributed by atoms with van der Waals surface area (Å²) < 4.78 is 2.75. The molecule has 0 aliphatic heterocycles. The number of carbonyl (C=O) groups excluding carboxylic acids is 1. The Morgan fingerprint density at radius 2 is 1.75 bits per heavy atom. The first-order valence-electron chi connectivity index (χ1n) is 9.25. The lowest BCUT2D eigenvalue weighted by atomic mass is 10.00. The fourth-order valence-electron chi connectivity index (χ4n) is 2.89. The molecule has 0 spiro atoms. The minimum absolute atomic E-state index is 0.170. The molecule has 0 aliphatic carbocycles. The summed E-state index contributed by atoms with van der Waals surface area (Å²) in [6, 6.07) is 15.2. The lowest BCUT2D eigenvalue weighted by Crippen LogP contribution is -2.28. The fraction of sp³-hybridized carbons (Fsp3) is 0.273. The zero-order chi connectivity index (χ0) is 20.1. The molecule has 1 aromatic heterocycles. The van der Waals surface area contributed by atoms with Crippen molar-refractivity contribution < 1.29 is 9.90 Å². The molecule has 1 unspecified atom stereocenters. The highest BCUT2D eigenvalue weighted by molar-refractivity contribution is 9.10. The molecule has 1 heterocycles. The molecule has 0 fully saturated rings. The number of aliphatic hydroxyl groups is 1. The fourth-order valence-corrected chi connectivity index (χ4v) is 3.21. The quantitative estimate of drug-likeness (QED) is 0.574. The van der Waals surface area contributed by atoms with Crippen LogP contribution in [0, 0.1) is 0 Å². The number of benzene rings is 2. The summed E-state index contributed by atoms with van der Waals surface area (Å²) in [5.74, 6) is 0.245. The molecule has 5 nitrogen and oxygen atoms in total. The highest BCUT2D eigenvalue weighted by Crippen LogP contribution is 2.18. The molecule has 1 amide bonds. The van der Waals surface area contributed by atoms with Gasteiger partial charge >= 0.3 is 0 Å². The largest absolute Gasteiger partial charge is 0.387 e. The van der Waals surface area contributed by atoms with E-state index >= 15 is 0 Å². The molecule has 6 heteroatoms. The van der Waals surface area contributed by atoms with Gasteiger partial charge < -0.3 is 10.4 Å². The van der Waals surface area contributed by atoms with Crippen LogP contribution in [0.2, 0.25) is 0 Å². The van der Waals surface area contributed by atoms with Gasteiger partial charge in [-0.15, -0.1) is 0 Å². The third-order valence-electron chi connectivity index (χ3n) is 4.61. The first-order chi connectivity index (χ1) is 13.4. The Morgan fingerprint density at radius 1 is 1.11 bits per heavy atom. The van der Waals surface area contributed by atoms with Gasteiger partial charge in [0.05, 0.1) is 23.3 Å². The van der Waals surface area contributed by atoms with Gasteiger partial charge in [-0.25, -0.2) is 0 Å². The second kappa shape index (κ2) is 9.17. The maximum absolute atomic E-state index is 12.4. The predicted molar refractivity (Wildman–Crippen MR) is 113 cm³/mol. The van der Waals surface area contributed by atoms with Crippen LogP contribution in [-0.4, -0.2) is 27.3 Å². The van der Waals surface area contributed by atoms with Gasteiger partial charge in [0, 0.05) is 18.3 Å². The second-order valence-electron chi connectivity index (χ2n) is 7.10. The van der Waals surface area contributed by atoms with Crippen molar-refractivity contribution in [2.45, 2.75) is 32.4 Å². The Bertz CT molecular complexity index is 918. The van der Waals surface area contributed by atoms with Gasteiger partial charge in [0.25, 0.3) is 5.91 Å². The van der Waals surface area contributed by atoms with Crippen LogP contribution in [0.1, 0.15) is 52.9 Å². The Morgan fingerprint density at radius 3 is 2.32 bits per heavy atom. The van der Waals surface area contributed by atoms with Crippen LogP contribution in [-0.2, 0) is 6.54 Å². The van der Waals surface area contributed by atoms with E-state index in [-0.39, 0.29) is 12.5 Å². The Labute approximate surface area is 173 Å². The number of hydrogen-bond donors (Lipinski definition) is 2. The van der Waals surface area contributed by atoms with Gasteiger partial charge in [0.15, 0.2) is 0 Å². The molecule has 3 aromatic rings. The van der Waals surface area contributed by atoms with E-state index < -0.39 is 6.10 Å². The third kappa shape index (κ3) is 5.30. The Kier molecular flexibility index (Phi) is 6.65. The molecule has 28 heavy (non-hydrogen) atoms. The lowest BCUT2D eigenvalue weighted by Gasteiger charge is -2.14. The predicted octanol–water partition coefficient (Wildman–Crippen LogP) is 4.28. The van der Waals surface area contributed by atoms with E-state index in [1.807, 2.05) is 47.3 Å². The van der Waals surface area contributed by atoms with Gasteiger partial charge in [-0.1, -0.05) is 50.2 Å². The van der Waals surface area contributed by atoms with E-state index in [0.717, 1.165) is 15.6 Å². The summed E-state index contributed by atoms with van der Waals surface area (Å²) in [6.45, 7) is 5.07. The van der Waals surface area contributed by atoms with E-state index in [1.54, 1.807) is 18.3 Å². The smallest absolute Gasteiger partial charge is 0.251 e. The SMILES string of the molecule is CC(C)c1ccc(C(O)CNC(=O)c2ccc(Cn3cc(Br)cn3)cc2)cc1. The average Bonchev–Trinajstić information content (AvgIpc) is 3.11. The van der Waals surface area contributed by atoms with Crippen LogP contribution in [0.15, 0.2) is 65.4 Å². The first-order valence-corrected chi connectivity index (χ1v) is 10.0. The van der Waals surface area contributed by atoms with Crippen LogP contribution in [0.25, 0.3) is 0 Å². The third-order valence-corrected chi connectivity index (χ3v) is 5.02. The maximum Gasteiger partial charge on any atom is 0.251 e. The van der Waals surface area contributed by atoms with Gasteiger partial charge in [-0.3, -0.25) is 9.48 Å². The average molecular weight is 442 g/mol. The molecule has 0 bridgehead atoms. The van der Waals surface area contributed by atoms with Crippen molar-refractivity contribution in [2.24, 2.45) is 0 Å². The molecule has 1 atom stereocenters. The van der Waals surface area contributed by atoms with E-state index in [4.69, 9.17) is 0 Å². The first kappa shape index (κ1) is 20.3. The molecule has 2 N–H and O–H groups in total. The number of nitrogens with zero attached hydrogens (tertiary/aromatic N) is 2. The summed E-state index contributed by atoms with van der Waals surface area (Å²) in [5, 5.41) is 17.3. The molecule has 0 radical (unpaired) electrons. The van der Waals surface area contributed by atoms with E-state index in [0.29, 0.717) is 18.0 Å². The van der Waals surface area contributed by atoms with Gasteiger partial charge in [-0.2, -0.15) is 5.10 Å². The minimum atomic E-state index is -0.734. The molecule has 0 saturated heterocycles. The molecule has 146 valence electrons. The number of hydrogen-bond acceptors (Lipinski definition) is 3. The summed E-state index contributed by atoms with van der Waals surface area (Å²) >= 11 is 3.37. The van der Waals surface area contributed by atoms with E-state index in [1.165, 1.54) is 5.56 Å². The summed E-state index contributed by atoms with van der Waals surface area (Å²) in [5.41, 5.74) is 3.64. The van der Waals surface area contributed by atoms with Gasteiger partial charge in [-0.05, 0) is 50.7 Å². The van der Waals surface area contributed by atoms with Crippen molar-refractivity contribution in [2.75, 3.05) is 6.54 Å². The molecule has 0 saturated carbocycles. The van der Waals surface area contributed by atoms with Crippen molar-refractivity contribution in [3.63, 3.8) is 0 Å². The number of nitrogens with one attached hydrogen (secondary N) is 1. The molecular weight excluding hydrogens is 418 g/mol. The van der Waals surface area contributed by atoms with Crippen LogP contribution in [0.4, 0.5) is 0 Å². The standard InChI is InChI=1S/C22H24BrN3O2/c1-15(2)17-7-9-18(10-8-17)21(27)12-24-22(28)19-5-3-16(4-6-19)13-26-14-20(23)11-25-26/h3-11,14-15,21,27H,12-13H2,1-2H3,(H,24,28). The second-order valence-corrected chi connectivity index (χ2v) is 8.02. The van der Waals surface area contributed by atoms with Crippen molar-refractivity contribution in [3.05, 3.63) is 87.7 Å². The number of halogens is 1. The summed E-state index contributed by atoms with van der Waals surface area (Å²) in [7, 11) is 0. The topological polar surface area (TPSA) is 67.2 Å². The van der Waals surface area contributed by atoms with Gasteiger partial charge in [0.1, 0.15) is 0 Å². The Balaban J connectivity index is 1.54. The van der Waals surface area contributed by atoms with Crippen LogP contribution >= 0.6 is 15.9 Å². The van der Waals surface area contributed by atoms with Crippen LogP contribution in [0.3, 0.4) is 0 Å². The van der Waals surface area contributed by atoms with E-state index in [9.17, 15) is 9.90 Å². The van der Waals surface area contributed by atoms with Gasteiger partial charge in [0.2, 0.25) is 0 Å². The Hall–Kier alpha value is -2.44. The van der Waals surface area contributed by atoms with Crippen molar-refractivity contribution >= 4 is 21.8 Å². The minimum Gasteiger partial charge on any atom is -0.387 e. The molecule has 2 aromatic carbocycles. The molecule has 3 rings (SSSR count). The monoisotopic (exact) mass is 441 g/mol. The lowest BCUT2D eigenvalue weighted by molar-refractivity contribution is 0.0916. The summed E-state index contributed by atoms with van der Waals surface area (Å²) in [6.07, 6.45) is 2.90. The van der Waals surface area contributed by atoms with Crippen LogP contribution < -0.4 is 5.32 Å². The van der Waals surface area contributed by atoms with Crippen LogP contribution in [0.5, 0.6) is 0 Å². The molecular formula is C22H24BrN3O2. The number of carbonyl (C=O) groups is 1. The number of amides is 1. The normalized spacial score (nSPS) is 12.2.